The van der Waals surface area contributed by atoms with E-state index in [1.54, 1.807) is 6.07 Å². The highest BCUT2D eigenvalue weighted by Crippen LogP contribution is 2.23. The molecule has 0 atom stereocenters. The molecule has 0 aliphatic heterocycles. The zero-order chi connectivity index (χ0) is 14.4. The van der Waals surface area contributed by atoms with Crippen LogP contribution in [0.25, 0.3) is 0 Å². The van der Waals surface area contributed by atoms with Gasteiger partial charge in [-0.3, -0.25) is 10.1 Å². The second kappa shape index (κ2) is 6.81. The lowest BCUT2D eigenvalue weighted by atomic mass is 10.0. The van der Waals surface area contributed by atoms with E-state index < -0.39 is 10.9 Å². The van der Waals surface area contributed by atoms with Crippen LogP contribution in [0.5, 0.6) is 0 Å². The molecule has 0 spiro atoms. The first kappa shape index (κ1) is 15.1. The molecule has 0 radical (unpaired) electrons. The van der Waals surface area contributed by atoms with Gasteiger partial charge >= 0.3 is 5.97 Å². The quantitative estimate of drug-likeness (QED) is 0.564. The summed E-state index contributed by atoms with van der Waals surface area (Å²) in [4.78, 5) is 23.3. The molecule has 1 aromatic rings. The lowest BCUT2D eigenvalue weighted by Crippen LogP contribution is -2.27. The summed E-state index contributed by atoms with van der Waals surface area (Å²) in [5.74, 6) is -1.27. The molecule has 2 N–H and O–H groups in total. The Labute approximate surface area is 111 Å². The van der Waals surface area contributed by atoms with Crippen LogP contribution in [0.15, 0.2) is 18.2 Å². The number of carboxylic acids is 1. The number of nitro benzene ring substituents is 1. The number of nitrogens with zero attached hydrogens (tertiary/aromatic N) is 2. The third-order valence-corrected chi connectivity index (χ3v) is 2.72. The van der Waals surface area contributed by atoms with E-state index in [9.17, 15) is 14.9 Å². The van der Waals surface area contributed by atoms with Crippen LogP contribution in [-0.4, -0.2) is 48.1 Å². The van der Waals surface area contributed by atoms with Gasteiger partial charge in [0.15, 0.2) is 0 Å². The van der Waals surface area contributed by atoms with Crippen molar-refractivity contribution in [1.82, 2.24) is 10.2 Å². The Kier molecular flexibility index (Phi) is 5.40. The van der Waals surface area contributed by atoms with E-state index in [-0.39, 0.29) is 11.3 Å². The summed E-state index contributed by atoms with van der Waals surface area (Å²) in [6, 6.07) is 4.32. The van der Waals surface area contributed by atoms with Crippen molar-refractivity contribution < 1.29 is 14.8 Å². The SMILES string of the molecule is CNCCN(C)Cc1cccc([N+](=O)[O-])c1C(=O)O. The maximum absolute atomic E-state index is 11.2. The first-order chi connectivity index (χ1) is 8.97. The molecule has 0 aliphatic carbocycles. The number of carboxylic acid groups (broad SMARTS) is 1. The summed E-state index contributed by atoms with van der Waals surface area (Å²) >= 11 is 0. The van der Waals surface area contributed by atoms with Crippen molar-refractivity contribution >= 4 is 11.7 Å². The molecule has 1 aromatic carbocycles. The number of likely N-dealkylation sites (N-methyl/N-ethyl adjacent to an activating group) is 2. The first-order valence-corrected chi connectivity index (χ1v) is 5.80. The van der Waals surface area contributed by atoms with Crippen molar-refractivity contribution in [2.24, 2.45) is 0 Å². The Hall–Kier alpha value is -1.99. The summed E-state index contributed by atoms with van der Waals surface area (Å²) in [6.45, 7) is 1.83. The minimum absolute atomic E-state index is 0.233. The molecule has 19 heavy (non-hydrogen) atoms. The van der Waals surface area contributed by atoms with Crippen molar-refractivity contribution in [3.05, 3.63) is 39.4 Å². The topological polar surface area (TPSA) is 95.7 Å². The van der Waals surface area contributed by atoms with Crippen LogP contribution in [0.4, 0.5) is 5.69 Å². The van der Waals surface area contributed by atoms with Crippen LogP contribution in [0.2, 0.25) is 0 Å². The van der Waals surface area contributed by atoms with Gasteiger partial charge in [-0.2, -0.15) is 0 Å². The molecule has 0 saturated heterocycles. The van der Waals surface area contributed by atoms with Gasteiger partial charge in [0.2, 0.25) is 0 Å². The molecule has 0 aromatic heterocycles. The zero-order valence-electron chi connectivity index (χ0n) is 10.9. The summed E-state index contributed by atoms with van der Waals surface area (Å²) in [6.07, 6.45) is 0. The number of nitrogens with one attached hydrogen (secondary N) is 1. The van der Waals surface area contributed by atoms with Gasteiger partial charge < -0.3 is 15.3 Å². The van der Waals surface area contributed by atoms with Crippen LogP contribution >= 0.6 is 0 Å². The Morgan fingerprint density at radius 1 is 1.53 bits per heavy atom. The Morgan fingerprint density at radius 3 is 2.74 bits per heavy atom. The molecule has 1 rings (SSSR count). The monoisotopic (exact) mass is 267 g/mol. The lowest BCUT2D eigenvalue weighted by molar-refractivity contribution is -0.385. The average Bonchev–Trinajstić information content (AvgIpc) is 2.35. The zero-order valence-corrected chi connectivity index (χ0v) is 10.9. The van der Waals surface area contributed by atoms with Crippen molar-refractivity contribution in [3.63, 3.8) is 0 Å². The summed E-state index contributed by atoms with van der Waals surface area (Å²) in [5.41, 5.74) is -0.156. The maximum Gasteiger partial charge on any atom is 0.343 e. The number of benzene rings is 1. The van der Waals surface area contributed by atoms with Crippen molar-refractivity contribution in [3.8, 4) is 0 Å². The van der Waals surface area contributed by atoms with Gasteiger partial charge in [0, 0.05) is 25.7 Å². The van der Waals surface area contributed by atoms with E-state index in [4.69, 9.17) is 5.11 Å². The summed E-state index contributed by atoms with van der Waals surface area (Å²) < 4.78 is 0. The predicted molar refractivity (Wildman–Crippen MR) is 70.3 cm³/mol. The van der Waals surface area contributed by atoms with E-state index in [1.165, 1.54) is 12.1 Å². The van der Waals surface area contributed by atoms with Crippen molar-refractivity contribution in [1.29, 1.82) is 0 Å². The van der Waals surface area contributed by atoms with E-state index in [0.29, 0.717) is 12.1 Å². The summed E-state index contributed by atoms with van der Waals surface area (Å²) in [7, 11) is 3.66. The number of hydrogen-bond donors (Lipinski definition) is 2. The fraction of sp³-hybridized carbons (Fsp3) is 0.417. The van der Waals surface area contributed by atoms with Gasteiger partial charge in [-0.25, -0.2) is 4.79 Å². The molecule has 0 bridgehead atoms. The average molecular weight is 267 g/mol. The number of rotatable bonds is 7. The van der Waals surface area contributed by atoms with E-state index in [2.05, 4.69) is 5.32 Å². The standard InChI is InChI=1S/C12H17N3O4/c1-13-6-7-14(2)8-9-4-3-5-10(15(18)19)11(9)12(16)17/h3-5,13H,6-8H2,1-2H3,(H,16,17). The molecule has 104 valence electrons. The van der Waals surface area contributed by atoms with Gasteiger partial charge in [-0.15, -0.1) is 0 Å². The lowest BCUT2D eigenvalue weighted by Gasteiger charge is -2.17. The number of aromatic carboxylic acids is 1. The Bertz CT molecular complexity index is 476. The van der Waals surface area contributed by atoms with Gasteiger partial charge in [0.25, 0.3) is 5.69 Å². The molecule has 0 aliphatic rings. The fourth-order valence-corrected chi connectivity index (χ4v) is 1.79. The largest absolute Gasteiger partial charge is 0.477 e. The number of carbonyl (C=O) groups is 1. The maximum atomic E-state index is 11.2. The van der Waals surface area contributed by atoms with Gasteiger partial charge in [0.1, 0.15) is 5.56 Å². The minimum atomic E-state index is -1.27. The van der Waals surface area contributed by atoms with Crippen LogP contribution in [0.1, 0.15) is 15.9 Å². The van der Waals surface area contributed by atoms with E-state index in [1.807, 2.05) is 19.0 Å². The highest BCUT2D eigenvalue weighted by atomic mass is 16.6. The second-order valence-corrected chi connectivity index (χ2v) is 4.21. The molecular formula is C12H17N3O4. The first-order valence-electron chi connectivity index (χ1n) is 5.80. The Balaban J connectivity index is 3.03. The number of hydrogen-bond acceptors (Lipinski definition) is 5. The molecule has 7 heteroatoms. The molecular weight excluding hydrogens is 250 g/mol. The predicted octanol–water partition coefficient (Wildman–Crippen LogP) is 0.944. The summed E-state index contributed by atoms with van der Waals surface area (Å²) in [5, 5.41) is 23.0. The second-order valence-electron chi connectivity index (χ2n) is 4.21. The third kappa shape index (κ3) is 4.01. The number of nitro groups is 1. The van der Waals surface area contributed by atoms with Crippen LogP contribution in [0.3, 0.4) is 0 Å². The van der Waals surface area contributed by atoms with Gasteiger partial charge in [-0.05, 0) is 19.7 Å². The van der Waals surface area contributed by atoms with Crippen LogP contribution in [-0.2, 0) is 6.54 Å². The van der Waals surface area contributed by atoms with Crippen molar-refractivity contribution in [2.45, 2.75) is 6.54 Å². The highest BCUT2D eigenvalue weighted by Gasteiger charge is 2.23. The minimum Gasteiger partial charge on any atom is -0.477 e. The van der Waals surface area contributed by atoms with Crippen LogP contribution in [0, 0.1) is 10.1 Å². The molecule has 0 fully saturated rings. The van der Waals surface area contributed by atoms with E-state index >= 15 is 0 Å². The Morgan fingerprint density at radius 2 is 2.21 bits per heavy atom. The van der Waals surface area contributed by atoms with Gasteiger partial charge in [-0.1, -0.05) is 12.1 Å². The fourth-order valence-electron chi connectivity index (χ4n) is 1.79. The smallest absolute Gasteiger partial charge is 0.343 e. The normalized spacial score (nSPS) is 10.7. The molecule has 7 nitrogen and oxygen atoms in total. The van der Waals surface area contributed by atoms with Crippen molar-refractivity contribution in [2.75, 3.05) is 27.2 Å². The van der Waals surface area contributed by atoms with Gasteiger partial charge in [0.05, 0.1) is 4.92 Å². The van der Waals surface area contributed by atoms with Crippen LogP contribution < -0.4 is 5.32 Å². The highest BCUT2D eigenvalue weighted by molar-refractivity contribution is 5.94. The van der Waals surface area contributed by atoms with E-state index in [0.717, 1.165) is 13.1 Å². The molecule has 0 unspecified atom stereocenters. The molecule has 0 heterocycles. The third-order valence-electron chi connectivity index (χ3n) is 2.72. The molecule has 0 amide bonds. The molecule has 0 saturated carbocycles.